The van der Waals surface area contributed by atoms with Gasteiger partial charge in [0.25, 0.3) is 5.69 Å². The quantitative estimate of drug-likeness (QED) is 0.341. The van der Waals surface area contributed by atoms with Gasteiger partial charge in [0.2, 0.25) is 0 Å². The topological polar surface area (TPSA) is 125 Å². The zero-order chi connectivity index (χ0) is 23.5. The smallest absolute Gasteiger partial charge is 0.407 e. The molecule has 0 radical (unpaired) electrons. The van der Waals surface area contributed by atoms with Crippen molar-refractivity contribution in [1.82, 2.24) is 15.2 Å². The summed E-state index contributed by atoms with van der Waals surface area (Å²) in [5, 5.41) is 16.0. The van der Waals surface area contributed by atoms with Crippen LogP contribution < -0.4 is 10.6 Å². The van der Waals surface area contributed by atoms with Gasteiger partial charge in [-0.1, -0.05) is 18.2 Å². The number of alkyl carbamates (subject to hydrolysis) is 2. The maximum absolute atomic E-state index is 11.8. The van der Waals surface area contributed by atoms with Gasteiger partial charge in [0.15, 0.2) is 0 Å². The Kier molecular flexibility index (Phi) is 5.99. The summed E-state index contributed by atoms with van der Waals surface area (Å²) in [5.74, 6) is 0. The fourth-order valence-corrected chi connectivity index (χ4v) is 4.02. The highest BCUT2D eigenvalue weighted by Crippen LogP contribution is 2.42. The molecule has 3 aromatic rings. The second-order valence-electron chi connectivity index (χ2n) is 7.35. The van der Waals surface area contributed by atoms with E-state index in [9.17, 15) is 19.7 Å². The van der Waals surface area contributed by atoms with Crippen molar-refractivity contribution in [3.8, 4) is 16.9 Å². The highest BCUT2D eigenvalue weighted by Gasteiger charge is 2.31. The van der Waals surface area contributed by atoms with Gasteiger partial charge in [-0.25, -0.2) is 9.59 Å². The van der Waals surface area contributed by atoms with Crippen LogP contribution in [0.15, 0.2) is 48.5 Å². The van der Waals surface area contributed by atoms with Crippen molar-refractivity contribution in [2.45, 2.75) is 19.6 Å². The summed E-state index contributed by atoms with van der Waals surface area (Å²) < 4.78 is 12.8. The monoisotopic (exact) mass is 450 g/mol. The van der Waals surface area contributed by atoms with E-state index in [0.29, 0.717) is 17.5 Å². The van der Waals surface area contributed by atoms with Crippen molar-refractivity contribution in [2.24, 2.45) is 0 Å². The summed E-state index contributed by atoms with van der Waals surface area (Å²) in [5.41, 5.74) is 5.75. The average Bonchev–Trinajstić information content (AvgIpc) is 3.35. The number of carbonyl (C=O) groups excluding carboxylic acids is 2. The minimum Gasteiger partial charge on any atom is -0.445 e. The van der Waals surface area contributed by atoms with Crippen molar-refractivity contribution >= 4 is 17.9 Å². The third-order valence-corrected chi connectivity index (χ3v) is 5.54. The fraction of sp³-hybridized carbons (Fsp3) is 0.217. The highest BCUT2D eigenvalue weighted by molar-refractivity contribution is 5.75. The molecule has 0 unspecified atom stereocenters. The number of nitro groups is 1. The molecule has 0 saturated carbocycles. The predicted molar refractivity (Wildman–Crippen MR) is 119 cm³/mol. The molecule has 0 saturated heterocycles. The van der Waals surface area contributed by atoms with E-state index in [4.69, 9.17) is 9.47 Å². The minimum atomic E-state index is -0.602. The Morgan fingerprint density at radius 3 is 2.18 bits per heavy atom. The number of ether oxygens (including phenoxy) is 2. The molecule has 170 valence electrons. The Bertz CT molecular complexity index is 1230. The molecular formula is C23H22N4O6. The molecule has 2 heterocycles. The first-order valence-electron chi connectivity index (χ1n) is 10.2. The van der Waals surface area contributed by atoms with Crippen LogP contribution in [-0.2, 0) is 29.1 Å². The van der Waals surface area contributed by atoms with Gasteiger partial charge in [0, 0.05) is 55.2 Å². The van der Waals surface area contributed by atoms with Gasteiger partial charge in [-0.3, -0.25) is 10.1 Å². The molecule has 1 aromatic heterocycles. The summed E-state index contributed by atoms with van der Waals surface area (Å²) in [6.45, 7) is -0.0942. The first kappa shape index (κ1) is 21.9. The maximum Gasteiger partial charge on any atom is 0.407 e. The second-order valence-corrected chi connectivity index (χ2v) is 7.35. The van der Waals surface area contributed by atoms with Gasteiger partial charge >= 0.3 is 12.2 Å². The number of carbonyl (C=O) groups is 2. The third kappa shape index (κ3) is 4.10. The van der Waals surface area contributed by atoms with Crippen LogP contribution in [-0.4, -0.2) is 35.8 Å². The molecule has 0 spiro atoms. The van der Waals surface area contributed by atoms with Crippen LogP contribution in [0.1, 0.15) is 22.4 Å². The molecule has 1 aliphatic rings. The summed E-state index contributed by atoms with van der Waals surface area (Å²) in [6.07, 6.45) is -0.585. The van der Waals surface area contributed by atoms with Crippen molar-refractivity contribution in [1.29, 1.82) is 0 Å². The first-order chi connectivity index (χ1) is 15.9. The minimum absolute atomic E-state index is 0.0254. The van der Waals surface area contributed by atoms with E-state index in [-0.39, 0.29) is 18.9 Å². The molecule has 0 bridgehead atoms. The van der Waals surface area contributed by atoms with Crippen molar-refractivity contribution < 1.29 is 24.0 Å². The number of nitrogens with zero attached hydrogens (tertiary/aromatic N) is 2. The normalized spacial score (nSPS) is 11.3. The van der Waals surface area contributed by atoms with E-state index >= 15 is 0 Å². The van der Waals surface area contributed by atoms with Crippen LogP contribution in [0.3, 0.4) is 0 Å². The Balaban J connectivity index is 1.90. The molecule has 0 atom stereocenters. The fourth-order valence-electron chi connectivity index (χ4n) is 4.02. The van der Waals surface area contributed by atoms with Gasteiger partial charge in [0.1, 0.15) is 13.2 Å². The summed E-state index contributed by atoms with van der Waals surface area (Å²) >= 11 is 0. The molecular weight excluding hydrogens is 428 g/mol. The van der Waals surface area contributed by atoms with Crippen molar-refractivity contribution in [2.75, 3.05) is 14.1 Å². The van der Waals surface area contributed by atoms with E-state index in [1.165, 1.54) is 26.2 Å². The number of benzene rings is 2. The Hall–Kier alpha value is -4.34. The lowest BCUT2D eigenvalue weighted by Gasteiger charge is -2.13. The standard InChI is InChI=1S/C23H22N4O6/c1-24-22(28)32-12-17-18(13-33-23(29)25-2)21(14-7-9-16(10-8-14)27(30)31)26-19-6-4-3-5-15(19)11-20(17)26/h3-10H,11-13H2,1-2H3,(H,24,28)(H,25,29). The number of fused-ring (bicyclic) bond motifs is 3. The van der Waals surface area contributed by atoms with E-state index in [2.05, 4.69) is 10.6 Å². The number of para-hydroxylation sites is 1. The summed E-state index contributed by atoms with van der Waals surface area (Å²) in [6, 6.07) is 14.1. The largest absolute Gasteiger partial charge is 0.445 e. The number of non-ortho nitro benzene ring substituents is 1. The molecule has 0 fully saturated rings. The van der Waals surface area contributed by atoms with Crippen LogP contribution in [0.25, 0.3) is 16.9 Å². The Morgan fingerprint density at radius 2 is 1.58 bits per heavy atom. The molecule has 0 aliphatic carbocycles. The molecule has 2 N–H and O–H groups in total. The summed E-state index contributed by atoms with van der Waals surface area (Å²) in [4.78, 5) is 34.3. The molecule has 4 rings (SSSR count). The van der Waals surface area contributed by atoms with Gasteiger partial charge in [-0.15, -0.1) is 0 Å². The molecule has 10 nitrogen and oxygen atoms in total. The first-order valence-corrected chi connectivity index (χ1v) is 10.2. The molecule has 10 heteroatoms. The van der Waals surface area contributed by atoms with Crippen LogP contribution >= 0.6 is 0 Å². The maximum atomic E-state index is 11.8. The molecule has 2 amide bonds. The lowest BCUT2D eigenvalue weighted by molar-refractivity contribution is -0.384. The number of hydrogen-bond acceptors (Lipinski definition) is 6. The van der Waals surface area contributed by atoms with E-state index < -0.39 is 17.1 Å². The van der Waals surface area contributed by atoms with E-state index in [0.717, 1.165) is 28.2 Å². The van der Waals surface area contributed by atoms with E-state index in [1.54, 1.807) is 12.1 Å². The molecule has 1 aliphatic heterocycles. The van der Waals surface area contributed by atoms with Crippen LogP contribution in [0, 0.1) is 10.1 Å². The average molecular weight is 450 g/mol. The van der Waals surface area contributed by atoms with Gasteiger partial charge in [-0.05, 0) is 29.3 Å². The zero-order valence-electron chi connectivity index (χ0n) is 18.1. The van der Waals surface area contributed by atoms with Gasteiger partial charge < -0.3 is 24.7 Å². The number of rotatable bonds is 6. The lowest BCUT2D eigenvalue weighted by atomic mass is 10.0. The van der Waals surface area contributed by atoms with Crippen molar-refractivity contribution in [3.63, 3.8) is 0 Å². The Morgan fingerprint density at radius 1 is 0.970 bits per heavy atom. The number of nitro benzene ring substituents is 1. The van der Waals surface area contributed by atoms with Gasteiger partial charge in [0.05, 0.1) is 10.6 Å². The second kappa shape index (κ2) is 9.03. The summed E-state index contributed by atoms with van der Waals surface area (Å²) in [7, 11) is 2.94. The van der Waals surface area contributed by atoms with Gasteiger partial charge in [-0.2, -0.15) is 0 Å². The van der Waals surface area contributed by atoms with Crippen LogP contribution in [0.5, 0.6) is 0 Å². The molecule has 33 heavy (non-hydrogen) atoms. The number of aromatic nitrogens is 1. The number of hydrogen-bond donors (Lipinski definition) is 2. The number of nitrogens with one attached hydrogen (secondary N) is 2. The third-order valence-electron chi connectivity index (χ3n) is 5.54. The SMILES string of the molecule is CNC(=O)OCc1c(COC(=O)NC)c(-c2ccc([N+](=O)[O-])cc2)n2c1Cc1ccccc1-2. The zero-order valence-corrected chi connectivity index (χ0v) is 18.1. The van der Waals surface area contributed by atoms with Crippen LogP contribution in [0.4, 0.5) is 15.3 Å². The lowest BCUT2D eigenvalue weighted by Crippen LogP contribution is -2.20. The highest BCUT2D eigenvalue weighted by atomic mass is 16.6. The van der Waals surface area contributed by atoms with Crippen LogP contribution in [0.2, 0.25) is 0 Å². The van der Waals surface area contributed by atoms with E-state index in [1.807, 2.05) is 28.8 Å². The number of amides is 2. The predicted octanol–water partition coefficient (Wildman–Crippen LogP) is 3.67. The Labute approximate surface area is 189 Å². The molecule has 2 aromatic carbocycles. The van der Waals surface area contributed by atoms with Crippen molar-refractivity contribution in [3.05, 3.63) is 81.0 Å².